The molecule has 0 saturated heterocycles. The van der Waals surface area contributed by atoms with Crippen LogP contribution in [-0.4, -0.2) is 36.7 Å². The summed E-state index contributed by atoms with van der Waals surface area (Å²) in [6.07, 6.45) is 0. The Bertz CT molecular complexity index is 316. The van der Waals surface area contributed by atoms with Gasteiger partial charge in [0.15, 0.2) is 0 Å². The second-order valence-corrected chi connectivity index (χ2v) is 3.29. The van der Waals surface area contributed by atoms with Crippen molar-refractivity contribution in [3.05, 3.63) is 11.8 Å². The summed E-state index contributed by atoms with van der Waals surface area (Å²) in [6.45, 7) is 5.77. The molecule has 0 amide bonds. The molecule has 1 aromatic rings. The van der Waals surface area contributed by atoms with Gasteiger partial charge in [0.25, 0.3) is 0 Å². The van der Waals surface area contributed by atoms with Gasteiger partial charge in [-0.25, -0.2) is 4.98 Å². The number of anilines is 1. The van der Waals surface area contributed by atoms with Gasteiger partial charge in [-0.1, -0.05) is 0 Å². The number of nitrogens with zero attached hydrogens (tertiary/aromatic N) is 3. The molecule has 0 aromatic carbocycles. The topological polar surface area (TPSA) is 64.3 Å². The van der Waals surface area contributed by atoms with E-state index in [4.69, 9.17) is 10.5 Å². The number of hydrogen-bond acceptors (Lipinski definition) is 5. The number of rotatable bonds is 5. The molecule has 1 rings (SSSR count). The summed E-state index contributed by atoms with van der Waals surface area (Å²) in [5.74, 6) is 1.27. The first-order valence-electron chi connectivity index (χ1n) is 5.07. The van der Waals surface area contributed by atoms with Crippen LogP contribution >= 0.6 is 0 Å². The van der Waals surface area contributed by atoms with Crippen LogP contribution in [0.15, 0.2) is 6.07 Å². The van der Waals surface area contributed by atoms with Gasteiger partial charge in [0, 0.05) is 31.9 Å². The number of aromatic nitrogens is 2. The predicted octanol–water partition coefficient (Wildman–Crippen LogP) is 0.579. The van der Waals surface area contributed by atoms with E-state index in [0.717, 1.165) is 12.2 Å². The van der Waals surface area contributed by atoms with E-state index in [2.05, 4.69) is 9.97 Å². The monoisotopic (exact) mass is 210 g/mol. The van der Waals surface area contributed by atoms with E-state index in [1.165, 1.54) is 0 Å². The zero-order valence-corrected chi connectivity index (χ0v) is 9.53. The first kappa shape index (κ1) is 11.7. The maximum Gasteiger partial charge on any atom is 0.228 e. The second-order valence-electron chi connectivity index (χ2n) is 3.29. The first-order valence-corrected chi connectivity index (χ1v) is 5.07. The van der Waals surface area contributed by atoms with Crippen LogP contribution in [0.1, 0.15) is 12.6 Å². The minimum atomic E-state index is 0.581. The van der Waals surface area contributed by atoms with E-state index in [1.807, 2.05) is 31.9 Å². The van der Waals surface area contributed by atoms with Crippen molar-refractivity contribution in [1.82, 2.24) is 9.97 Å². The average molecular weight is 210 g/mol. The second kappa shape index (κ2) is 5.50. The molecule has 0 aliphatic carbocycles. The molecule has 0 unspecified atom stereocenters. The zero-order chi connectivity index (χ0) is 11.3. The molecule has 1 aromatic heterocycles. The van der Waals surface area contributed by atoms with Crippen molar-refractivity contribution in [3.8, 4) is 5.88 Å². The maximum absolute atomic E-state index is 5.47. The summed E-state index contributed by atoms with van der Waals surface area (Å²) >= 11 is 0. The lowest BCUT2D eigenvalue weighted by atomic mass is 10.4. The molecule has 15 heavy (non-hydrogen) atoms. The summed E-state index contributed by atoms with van der Waals surface area (Å²) in [5.41, 5.74) is 6.37. The molecule has 2 N–H and O–H groups in total. The van der Waals surface area contributed by atoms with Crippen LogP contribution in [-0.2, 0) is 0 Å². The minimum Gasteiger partial charge on any atom is -0.478 e. The Labute approximate surface area is 90.3 Å². The summed E-state index contributed by atoms with van der Waals surface area (Å²) in [4.78, 5) is 10.5. The summed E-state index contributed by atoms with van der Waals surface area (Å²) < 4.78 is 5.35. The van der Waals surface area contributed by atoms with E-state index in [9.17, 15) is 0 Å². The fourth-order valence-electron chi connectivity index (χ4n) is 1.21. The van der Waals surface area contributed by atoms with Crippen molar-refractivity contribution < 1.29 is 4.74 Å². The van der Waals surface area contributed by atoms with Crippen LogP contribution in [0.4, 0.5) is 5.95 Å². The van der Waals surface area contributed by atoms with E-state index >= 15 is 0 Å². The molecule has 0 spiro atoms. The molecule has 0 aliphatic rings. The number of nitrogens with two attached hydrogens (primary N) is 1. The lowest BCUT2D eigenvalue weighted by Gasteiger charge is -2.16. The fourth-order valence-corrected chi connectivity index (χ4v) is 1.21. The minimum absolute atomic E-state index is 0.581. The number of aryl methyl sites for hydroxylation is 1. The van der Waals surface area contributed by atoms with E-state index in [0.29, 0.717) is 25.0 Å². The number of ether oxygens (including phenoxy) is 1. The molecule has 0 bridgehead atoms. The SMILES string of the molecule is CCOc1cc(C)nc(N(C)CCN)n1. The van der Waals surface area contributed by atoms with Crippen molar-refractivity contribution in [2.75, 3.05) is 31.6 Å². The van der Waals surface area contributed by atoms with Gasteiger partial charge in [0.2, 0.25) is 11.8 Å². The molecule has 84 valence electrons. The zero-order valence-electron chi connectivity index (χ0n) is 9.53. The van der Waals surface area contributed by atoms with E-state index in [1.54, 1.807) is 0 Å². The van der Waals surface area contributed by atoms with E-state index in [-0.39, 0.29) is 0 Å². The van der Waals surface area contributed by atoms with Gasteiger partial charge in [-0.15, -0.1) is 0 Å². The van der Waals surface area contributed by atoms with Crippen LogP contribution in [0.5, 0.6) is 5.88 Å². The molecular formula is C10H18N4O. The third kappa shape index (κ3) is 3.36. The highest BCUT2D eigenvalue weighted by molar-refractivity contribution is 5.33. The molecule has 0 radical (unpaired) electrons. The molecule has 0 aliphatic heterocycles. The Morgan fingerprint density at radius 3 is 2.80 bits per heavy atom. The third-order valence-corrected chi connectivity index (χ3v) is 1.92. The normalized spacial score (nSPS) is 10.1. The Morgan fingerprint density at radius 1 is 1.47 bits per heavy atom. The standard InChI is InChI=1S/C10H18N4O/c1-4-15-9-7-8(2)12-10(13-9)14(3)6-5-11/h7H,4-6,11H2,1-3H3. The molecule has 5 nitrogen and oxygen atoms in total. The average Bonchev–Trinajstić information content (AvgIpc) is 2.17. The van der Waals surface area contributed by atoms with Crippen LogP contribution in [0, 0.1) is 6.92 Å². The van der Waals surface area contributed by atoms with E-state index < -0.39 is 0 Å². The van der Waals surface area contributed by atoms with Crippen molar-refractivity contribution in [3.63, 3.8) is 0 Å². The molecule has 5 heteroatoms. The molecule has 0 atom stereocenters. The smallest absolute Gasteiger partial charge is 0.228 e. The van der Waals surface area contributed by atoms with Gasteiger partial charge >= 0.3 is 0 Å². The highest BCUT2D eigenvalue weighted by Crippen LogP contribution is 2.13. The highest BCUT2D eigenvalue weighted by atomic mass is 16.5. The van der Waals surface area contributed by atoms with Crippen molar-refractivity contribution in [2.24, 2.45) is 5.73 Å². The van der Waals surface area contributed by atoms with Crippen LogP contribution in [0.2, 0.25) is 0 Å². The fraction of sp³-hybridized carbons (Fsp3) is 0.600. The maximum atomic E-state index is 5.47. The van der Waals surface area contributed by atoms with Gasteiger partial charge in [0.05, 0.1) is 6.61 Å². The lowest BCUT2D eigenvalue weighted by molar-refractivity contribution is 0.326. The molecule has 0 saturated carbocycles. The van der Waals surface area contributed by atoms with Crippen LogP contribution in [0.25, 0.3) is 0 Å². The number of hydrogen-bond donors (Lipinski definition) is 1. The summed E-state index contributed by atoms with van der Waals surface area (Å²) in [7, 11) is 1.91. The Kier molecular flexibility index (Phi) is 4.30. The van der Waals surface area contributed by atoms with Gasteiger partial charge < -0.3 is 15.4 Å². The predicted molar refractivity (Wildman–Crippen MR) is 60.3 cm³/mol. The van der Waals surface area contributed by atoms with Gasteiger partial charge in [-0.2, -0.15) is 4.98 Å². The van der Waals surface area contributed by atoms with Gasteiger partial charge in [-0.3, -0.25) is 0 Å². The van der Waals surface area contributed by atoms with Crippen LogP contribution < -0.4 is 15.4 Å². The Hall–Kier alpha value is -1.36. The number of likely N-dealkylation sites (N-methyl/N-ethyl adjacent to an activating group) is 1. The van der Waals surface area contributed by atoms with Crippen molar-refractivity contribution in [1.29, 1.82) is 0 Å². The Morgan fingerprint density at radius 2 is 2.20 bits per heavy atom. The first-order chi connectivity index (χ1) is 7.17. The van der Waals surface area contributed by atoms with Crippen molar-refractivity contribution >= 4 is 5.95 Å². The molecule has 0 fully saturated rings. The summed E-state index contributed by atoms with van der Waals surface area (Å²) in [6, 6.07) is 1.82. The quantitative estimate of drug-likeness (QED) is 0.770. The highest BCUT2D eigenvalue weighted by Gasteiger charge is 2.06. The largest absolute Gasteiger partial charge is 0.478 e. The van der Waals surface area contributed by atoms with Gasteiger partial charge in [0.1, 0.15) is 0 Å². The summed E-state index contributed by atoms with van der Waals surface area (Å²) in [5, 5.41) is 0. The van der Waals surface area contributed by atoms with Crippen LogP contribution in [0.3, 0.4) is 0 Å². The van der Waals surface area contributed by atoms with Gasteiger partial charge in [-0.05, 0) is 13.8 Å². The lowest BCUT2D eigenvalue weighted by Crippen LogP contribution is -2.26. The van der Waals surface area contributed by atoms with Crippen molar-refractivity contribution in [2.45, 2.75) is 13.8 Å². The molecular weight excluding hydrogens is 192 g/mol. The molecule has 1 heterocycles. The third-order valence-electron chi connectivity index (χ3n) is 1.92. The Balaban J connectivity index is 2.87.